The van der Waals surface area contributed by atoms with E-state index in [-0.39, 0.29) is 6.61 Å². The van der Waals surface area contributed by atoms with E-state index >= 15 is 0 Å². The zero-order valence-corrected chi connectivity index (χ0v) is 8.99. The lowest BCUT2D eigenvalue weighted by Gasteiger charge is -2.11. The SMILES string of the molecule is O=C(O)C[C@@H](NC(=O)OCc1cn[nH]n1)C(=O)O. The van der Waals surface area contributed by atoms with Crippen LogP contribution in [0.2, 0.25) is 0 Å². The minimum absolute atomic E-state index is 0.207. The molecule has 1 atom stereocenters. The second kappa shape index (κ2) is 6.18. The van der Waals surface area contributed by atoms with Gasteiger partial charge in [-0.05, 0) is 0 Å². The highest BCUT2D eigenvalue weighted by Gasteiger charge is 2.23. The Labute approximate surface area is 99.9 Å². The number of carbonyl (C=O) groups is 3. The van der Waals surface area contributed by atoms with Gasteiger partial charge in [0.15, 0.2) is 0 Å². The van der Waals surface area contributed by atoms with Crippen LogP contribution in [0, 0.1) is 0 Å². The number of aromatic amines is 1. The molecule has 98 valence electrons. The first-order valence-electron chi connectivity index (χ1n) is 4.71. The Morgan fingerprint density at radius 2 is 2.17 bits per heavy atom. The molecule has 1 aromatic rings. The first-order valence-corrected chi connectivity index (χ1v) is 4.71. The van der Waals surface area contributed by atoms with Crippen LogP contribution in [0.1, 0.15) is 12.1 Å². The molecule has 0 aromatic carbocycles. The summed E-state index contributed by atoms with van der Waals surface area (Å²) >= 11 is 0. The summed E-state index contributed by atoms with van der Waals surface area (Å²) in [4.78, 5) is 32.2. The van der Waals surface area contributed by atoms with Crippen molar-refractivity contribution in [2.24, 2.45) is 0 Å². The van der Waals surface area contributed by atoms with E-state index in [4.69, 9.17) is 10.2 Å². The van der Waals surface area contributed by atoms with Gasteiger partial charge in [0.25, 0.3) is 0 Å². The first-order chi connectivity index (χ1) is 8.49. The number of carbonyl (C=O) groups excluding carboxylic acids is 1. The zero-order chi connectivity index (χ0) is 13.5. The Kier molecular flexibility index (Phi) is 4.60. The van der Waals surface area contributed by atoms with Crippen LogP contribution in [0.25, 0.3) is 0 Å². The van der Waals surface area contributed by atoms with Crippen molar-refractivity contribution in [3.05, 3.63) is 11.9 Å². The maximum absolute atomic E-state index is 11.2. The number of amides is 1. The van der Waals surface area contributed by atoms with Crippen LogP contribution in [0.5, 0.6) is 0 Å². The standard InChI is InChI=1S/C8H10N4O6/c13-6(14)1-5(7(15)16)10-8(17)18-3-4-2-9-12-11-4/h2,5H,1,3H2,(H,10,17)(H,13,14)(H,15,16)(H,9,11,12)/t5-/m1/s1. The van der Waals surface area contributed by atoms with Gasteiger partial charge in [0.05, 0.1) is 12.6 Å². The Bertz CT molecular complexity index is 431. The van der Waals surface area contributed by atoms with Crippen molar-refractivity contribution < 1.29 is 29.3 Å². The topological polar surface area (TPSA) is 154 Å². The van der Waals surface area contributed by atoms with Crippen molar-refractivity contribution in [3.63, 3.8) is 0 Å². The Balaban J connectivity index is 2.41. The maximum Gasteiger partial charge on any atom is 0.408 e. The highest BCUT2D eigenvalue weighted by Crippen LogP contribution is 1.97. The van der Waals surface area contributed by atoms with Crippen LogP contribution in [-0.2, 0) is 20.9 Å². The van der Waals surface area contributed by atoms with Gasteiger partial charge in [-0.25, -0.2) is 9.59 Å². The fourth-order valence-corrected chi connectivity index (χ4v) is 0.993. The van der Waals surface area contributed by atoms with Gasteiger partial charge in [0, 0.05) is 0 Å². The van der Waals surface area contributed by atoms with Crippen molar-refractivity contribution in [2.45, 2.75) is 19.1 Å². The molecule has 0 aliphatic carbocycles. The van der Waals surface area contributed by atoms with E-state index in [0.717, 1.165) is 0 Å². The molecule has 4 N–H and O–H groups in total. The van der Waals surface area contributed by atoms with Crippen LogP contribution in [0.4, 0.5) is 4.79 Å². The summed E-state index contributed by atoms with van der Waals surface area (Å²) in [5.41, 5.74) is 0.343. The van der Waals surface area contributed by atoms with Crippen molar-refractivity contribution in [3.8, 4) is 0 Å². The zero-order valence-electron chi connectivity index (χ0n) is 8.99. The predicted octanol–water partition coefficient (Wildman–Crippen LogP) is -1.04. The number of rotatable bonds is 6. The molecule has 0 radical (unpaired) electrons. The van der Waals surface area contributed by atoms with Crippen LogP contribution >= 0.6 is 0 Å². The minimum atomic E-state index is -1.55. The van der Waals surface area contributed by atoms with Crippen molar-refractivity contribution in [2.75, 3.05) is 0 Å². The van der Waals surface area contributed by atoms with Gasteiger partial charge in [-0.1, -0.05) is 0 Å². The van der Waals surface area contributed by atoms with Gasteiger partial charge in [-0.3, -0.25) is 4.79 Å². The Morgan fingerprint density at radius 1 is 1.44 bits per heavy atom. The maximum atomic E-state index is 11.2. The first kappa shape index (κ1) is 13.4. The number of hydrogen-bond acceptors (Lipinski definition) is 6. The predicted molar refractivity (Wildman–Crippen MR) is 53.4 cm³/mol. The molecule has 0 spiro atoms. The summed E-state index contributed by atoms with van der Waals surface area (Å²) in [6.07, 6.45) is -0.472. The minimum Gasteiger partial charge on any atom is -0.481 e. The second-order valence-electron chi connectivity index (χ2n) is 3.17. The molecule has 0 unspecified atom stereocenters. The third-order valence-corrected chi connectivity index (χ3v) is 1.78. The third kappa shape index (κ3) is 4.47. The fourth-order valence-electron chi connectivity index (χ4n) is 0.993. The monoisotopic (exact) mass is 258 g/mol. The number of nitrogens with one attached hydrogen (secondary N) is 2. The average Bonchev–Trinajstić information content (AvgIpc) is 2.77. The van der Waals surface area contributed by atoms with E-state index in [0.29, 0.717) is 5.69 Å². The van der Waals surface area contributed by atoms with Crippen molar-refractivity contribution >= 4 is 18.0 Å². The summed E-state index contributed by atoms with van der Waals surface area (Å²) in [7, 11) is 0. The van der Waals surface area contributed by atoms with Crippen molar-refractivity contribution in [1.82, 2.24) is 20.7 Å². The van der Waals surface area contributed by atoms with Gasteiger partial charge < -0.3 is 20.3 Å². The van der Waals surface area contributed by atoms with Crippen molar-refractivity contribution in [1.29, 1.82) is 0 Å². The summed E-state index contributed by atoms with van der Waals surface area (Å²) in [6, 6.07) is -1.55. The fraction of sp³-hybridized carbons (Fsp3) is 0.375. The molecule has 1 aromatic heterocycles. The van der Waals surface area contributed by atoms with E-state index in [1.165, 1.54) is 6.20 Å². The highest BCUT2D eigenvalue weighted by molar-refractivity contribution is 5.84. The third-order valence-electron chi connectivity index (χ3n) is 1.78. The number of ether oxygens (including phenoxy) is 1. The lowest BCUT2D eigenvalue weighted by atomic mass is 10.2. The van der Waals surface area contributed by atoms with Crippen LogP contribution in [-0.4, -0.2) is 49.7 Å². The summed E-state index contributed by atoms with van der Waals surface area (Å²) in [5, 5.41) is 28.4. The number of carboxylic acids is 2. The van der Waals surface area contributed by atoms with Gasteiger partial charge in [-0.2, -0.15) is 15.4 Å². The van der Waals surface area contributed by atoms with Crippen LogP contribution < -0.4 is 5.32 Å². The molecular formula is C8H10N4O6. The average molecular weight is 258 g/mol. The smallest absolute Gasteiger partial charge is 0.408 e. The number of carboxylic acid groups (broad SMARTS) is 2. The molecule has 0 saturated heterocycles. The van der Waals surface area contributed by atoms with E-state index in [9.17, 15) is 14.4 Å². The van der Waals surface area contributed by atoms with Crippen LogP contribution in [0.15, 0.2) is 6.20 Å². The summed E-state index contributed by atoms with van der Waals surface area (Å²) in [6.45, 7) is -0.207. The summed E-state index contributed by atoms with van der Waals surface area (Å²) < 4.78 is 4.62. The highest BCUT2D eigenvalue weighted by atomic mass is 16.5. The van der Waals surface area contributed by atoms with E-state index in [2.05, 4.69) is 20.1 Å². The molecule has 1 rings (SSSR count). The Morgan fingerprint density at radius 3 is 2.67 bits per heavy atom. The quantitative estimate of drug-likeness (QED) is 0.504. The van der Waals surface area contributed by atoms with Gasteiger partial charge in [-0.15, -0.1) is 0 Å². The molecule has 18 heavy (non-hydrogen) atoms. The van der Waals surface area contributed by atoms with E-state index < -0.39 is 30.5 Å². The number of hydrogen-bond donors (Lipinski definition) is 4. The molecule has 0 saturated carbocycles. The molecule has 10 nitrogen and oxygen atoms in total. The lowest BCUT2D eigenvalue weighted by molar-refractivity contribution is -0.145. The number of nitrogens with zero attached hydrogens (tertiary/aromatic N) is 2. The van der Waals surface area contributed by atoms with Crippen LogP contribution in [0.3, 0.4) is 0 Å². The number of aromatic nitrogens is 3. The lowest BCUT2D eigenvalue weighted by Crippen LogP contribution is -2.42. The normalized spacial score (nSPS) is 11.6. The molecule has 0 fully saturated rings. The van der Waals surface area contributed by atoms with Gasteiger partial charge >= 0.3 is 18.0 Å². The molecule has 1 heterocycles. The molecule has 0 bridgehead atoms. The molecular weight excluding hydrogens is 248 g/mol. The summed E-state index contributed by atoms with van der Waals surface area (Å²) in [5.74, 6) is -2.81. The number of aliphatic carboxylic acids is 2. The Hall–Kier alpha value is -2.65. The van der Waals surface area contributed by atoms with E-state index in [1.807, 2.05) is 5.32 Å². The van der Waals surface area contributed by atoms with Gasteiger partial charge in [0.2, 0.25) is 0 Å². The number of alkyl carbamates (subject to hydrolysis) is 1. The molecule has 0 aliphatic heterocycles. The molecule has 0 aliphatic rings. The second-order valence-corrected chi connectivity index (χ2v) is 3.17. The van der Waals surface area contributed by atoms with E-state index in [1.54, 1.807) is 0 Å². The number of H-pyrrole nitrogens is 1. The van der Waals surface area contributed by atoms with Gasteiger partial charge in [0.1, 0.15) is 18.3 Å². The molecule has 10 heteroatoms. The largest absolute Gasteiger partial charge is 0.481 e. The molecule has 1 amide bonds.